The van der Waals surface area contributed by atoms with Crippen LogP contribution in [0.2, 0.25) is 10.0 Å². The molecular weight excluding hydrogens is 419 g/mol. The van der Waals surface area contributed by atoms with Crippen molar-refractivity contribution in [1.82, 2.24) is 14.9 Å². The second-order valence-electron chi connectivity index (χ2n) is 8.62. The van der Waals surface area contributed by atoms with Crippen LogP contribution in [0, 0.1) is 12.8 Å². The van der Waals surface area contributed by atoms with Gasteiger partial charge in [-0.1, -0.05) is 43.1 Å². The predicted molar refractivity (Wildman–Crippen MR) is 122 cm³/mol. The molecule has 1 aromatic carbocycles. The average Bonchev–Trinajstić information content (AvgIpc) is 3.56. The van der Waals surface area contributed by atoms with Crippen LogP contribution in [-0.4, -0.2) is 47.0 Å². The lowest BCUT2D eigenvalue weighted by atomic mass is 10.0. The van der Waals surface area contributed by atoms with E-state index in [-0.39, 0.29) is 11.8 Å². The number of amides is 1. The van der Waals surface area contributed by atoms with E-state index in [1.807, 2.05) is 24.0 Å². The summed E-state index contributed by atoms with van der Waals surface area (Å²) in [6, 6.07) is 5.61. The molecule has 160 valence electrons. The van der Waals surface area contributed by atoms with Crippen molar-refractivity contribution in [2.24, 2.45) is 5.92 Å². The molecule has 1 aliphatic heterocycles. The Morgan fingerprint density at radius 2 is 1.83 bits per heavy atom. The van der Waals surface area contributed by atoms with Crippen LogP contribution >= 0.6 is 23.2 Å². The second-order valence-corrected chi connectivity index (χ2v) is 9.47. The van der Waals surface area contributed by atoms with Crippen molar-refractivity contribution in [3.8, 4) is 0 Å². The summed E-state index contributed by atoms with van der Waals surface area (Å²) >= 11 is 12.5. The highest BCUT2D eigenvalue weighted by atomic mass is 35.5. The van der Waals surface area contributed by atoms with Gasteiger partial charge in [0.05, 0.1) is 0 Å². The number of carbonyl (C=O) groups is 1. The van der Waals surface area contributed by atoms with Crippen molar-refractivity contribution in [2.45, 2.75) is 46.0 Å². The van der Waals surface area contributed by atoms with Crippen LogP contribution in [0.3, 0.4) is 0 Å². The fourth-order valence-electron chi connectivity index (χ4n) is 3.91. The first-order chi connectivity index (χ1) is 14.3. The molecule has 0 unspecified atom stereocenters. The van der Waals surface area contributed by atoms with E-state index in [0.717, 1.165) is 67.5 Å². The highest BCUT2D eigenvalue weighted by Crippen LogP contribution is 2.33. The lowest BCUT2D eigenvalue weighted by Crippen LogP contribution is -2.49. The number of hydrogen-bond acceptors (Lipinski definition) is 4. The van der Waals surface area contributed by atoms with Crippen LogP contribution in [0.25, 0.3) is 0 Å². The van der Waals surface area contributed by atoms with Gasteiger partial charge in [0.1, 0.15) is 11.6 Å². The Hall–Kier alpha value is -1.85. The van der Waals surface area contributed by atoms with Gasteiger partial charge in [0, 0.05) is 65.7 Å². The minimum absolute atomic E-state index is 0.244. The summed E-state index contributed by atoms with van der Waals surface area (Å²) < 4.78 is 0. The van der Waals surface area contributed by atoms with Crippen LogP contribution < -0.4 is 4.90 Å². The Bertz CT molecular complexity index is 950. The summed E-state index contributed by atoms with van der Waals surface area (Å²) in [6.45, 7) is 9.33. The third-order valence-corrected chi connectivity index (χ3v) is 6.51. The number of hydrogen-bond donors (Lipinski definition) is 0. The number of rotatable bonds is 5. The number of anilines is 1. The van der Waals surface area contributed by atoms with E-state index >= 15 is 0 Å². The lowest BCUT2D eigenvalue weighted by molar-refractivity contribution is -0.132. The fourth-order valence-corrected chi connectivity index (χ4v) is 4.39. The summed E-state index contributed by atoms with van der Waals surface area (Å²) in [5, 5.41) is 1.28. The molecule has 5 nitrogen and oxygen atoms in total. The minimum Gasteiger partial charge on any atom is -0.353 e. The first-order valence-corrected chi connectivity index (χ1v) is 11.4. The standard InChI is InChI=1S/C23H28Cl2N4O/c1-14(2)21-26-15(3)19(12-17-6-7-18(24)13-20(17)25)22(27-21)28-8-10-29(11-9-28)23(30)16-4-5-16/h6-7,13-14,16H,4-5,8-12H2,1-3H3. The maximum absolute atomic E-state index is 12.4. The van der Waals surface area contributed by atoms with Crippen molar-refractivity contribution >= 4 is 34.9 Å². The Balaban J connectivity index is 1.62. The van der Waals surface area contributed by atoms with Crippen molar-refractivity contribution in [3.63, 3.8) is 0 Å². The fraction of sp³-hybridized carbons (Fsp3) is 0.522. The van der Waals surface area contributed by atoms with Gasteiger partial charge in [-0.15, -0.1) is 0 Å². The third kappa shape index (κ3) is 4.57. The van der Waals surface area contributed by atoms with Gasteiger partial charge in [-0.3, -0.25) is 4.79 Å². The maximum Gasteiger partial charge on any atom is 0.225 e. The highest BCUT2D eigenvalue weighted by Gasteiger charge is 2.35. The molecule has 1 saturated carbocycles. The average molecular weight is 447 g/mol. The molecule has 0 bridgehead atoms. The van der Waals surface area contributed by atoms with E-state index in [4.69, 9.17) is 33.2 Å². The number of aryl methyl sites for hydroxylation is 1. The van der Waals surface area contributed by atoms with Gasteiger partial charge in [-0.25, -0.2) is 9.97 Å². The Morgan fingerprint density at radius 3 is 2.43 bits per heavy atom. The molecule has 0 spiro atoms. The van der Waals surface area contributed by atoms with E-state index in [9.17, 15) is 4.79 Å². The summed E-state index contributed by atoms with van der Waals surface area (Å²) in [7, 11) is 0. The molecule has 2 aliphatic rings. The lowest BCUT2D eigenvalue weighted by Gasteiger charge is -2.37. The summed E-state index contributed by atoms with van der Waals surface area (Å²) in [5.74, 6) is 2.66. The van der Waals surface area contributed by atoms with Gasteiger partial charge in [-0.2, -0.15) is 0 Å². The quantitative estimate of drug-likeness (QED) is 0.657. The Kier molecular flexibility index (Phi) is 6.21. The van der Waals surface area contributed by atoms with Gasteiger partial charge < -0.3 is 9.80 Å². The molecular formula is C23H28Cl2N4O. The largest absolute Gasteiger partial charge is 0.353 e. The number of benzene rings is 1. The molecule has 4 rings (SSSR count). The van der Waals surface area contributed by atoms with Gasteiger partial charge >= 0.3 is 0 Å². The van der Waals surface area contributed by atoms with Crippen LogP contribution in [0.1, 0.15) is 55.3 Å². The van der Waals surface area contributed by atoms with E-state index < -0.39 is 0 Å². The number of nitrogens with zero attached hydrogens (tertiary/aromatic N) is 4. The van der Waals surface area contributed by atoms with E-state index in [0.29, 0.717) is 22.4 Å². The molecule has 2 heterocycles. The summed E-state index contributed by atoms with van der Waals surface area (Å²) in [5.41, 5.74) is 3.07. The van der Waals surface area contributed by atoms with Crippen molar-refractivity contribution < 1.29 is 4.79 Å². The normalized spacial score (nSPS) is 17.0. The van der Waals surface area contributed by atoms with Gasteiger partial charge in [0.2, 0.25) is 5.91 Å². The SMILES string of the molecule is Cc1nc(C(C)C)nc(N2CCN(C(=O)C3CC3)CC2)c1Cc1ccc(Cl)cc1Cl. The molecule has 2 aromatic rings. The molecule has 7 heteroatoms. The number of aromatic nitrogens is 2. The molecule has 1 saturated heterocycles. The molecule has 0 N–H and O–H groups in total. The van der Waals surface area contributed by atoms with Crippen molar-refractivity contribution in [2.75, 3.05) is 31.1 Å². The van der Waals surface area contributed by atoms with Crippen molar-refractivity contribution in [3.05, 3.63) is 50.9 Å². The van der Waals surface area contributed by atoms with E-state index in [1.54, 1.807) is 6.07 Å². The molecule has 0 radical (unpaired) electrons. The first-order valence-electron chi connectivity index (χ1n) is 10.7. The minimum atomic E-state index is 0.244. The molecule has 1 amide bonds. The zero-order valence-corrected chi connectivity index (χ0v) is 19.3. The van der Waals surface area contributed by atoms with Gasteiger partial charge in [-0.05, 0) is 37.5 Å². The first kappa shape index (κ1) is 21.4. The van der Waals surface area contributed by atoms with E-state index in [1.165, 1.54) is 0 Å². The van der Waals surface area contributed by atoms with E-state index in [2.05, 4.69) is 18.7 Å². The number of piperazine rings is 1. The van der Waals surface area contributed by atoms with Crippen molar-refractivity contribution in [1.29, 1.82) is 0 Å². The number of halogens is 2. The summed E-state index contributed by atoms with van der Waals surface area (Å²) in [6.07, 6.45) is 2.75. The topological polar surface area (TPSA) is 49.3 Å². The zero-order valence-electron chi connectivity index (χ0n) is 17.8. The van der Waals surface area contributed by atoms with Crippen LogP contribution in [-0.2, 0) is 11.2 Å². The van der Waals surface area contributed by atoms with Gasteiger partial charge in [0.25, 0.3) is 0 Å². The monoisotopic (exact) mass is 446 g/mol. The van der Waals surface area contributed by atoms with Gasteiger partial charge in [0.15, 0.2) is 0 Å². The number of carbonyl (C=O) groups excluding carboxylic acids is 1. The molecule has 0 atom stereocenters. The molecule has 1 aliphatic carbocycles. The van der Waals surface area contributed by atoms with Crippen LogP contribution in [0.4, 0.5) is 5.82 Å². The molecule has 1 aromatic heterocycles. The third-order valence-electron chi connectivity index (χ3n) is 5.93. The smallest absolute Gasteiger partial charge is 0.225 e. The molecule has 2 fully saturated rings. The molecule has 30 heavy (non-hydrogen) atoms. The Labute approximate surface area is 188 Å². The zero-order chi connectivity index (χ0) is 21.4. The Morgan fingerprint density at radius 1 is 1.13 bits per heavy atom. The maximum atomic E-state index is 12.4. The summed E-state index contributed by atoms with van der Waals surface area (Å²) in [4.78, 5) is 26.5. The van der Waals surface area contributed by atoms with Crippen LogP contribution in [0.5, 0.6) is 0 Å². The highest BCUT2D eigenvalue weighted by molar-refractivity contribution is 6.35. The predicted octanol–water partition coefficient (Wildman–Crippen LogP) is 4.86. The second kappa shape index (κ2) is 8.72. The van der Waals surface area contributed by atoms with Crippen LogP contribution in [0.15, 0.2) is 18.2 Å².